The summed E-state index contributed by atoms with van der Waals surface area (Å²) in [4.78, 5) is 19.2. The van der Waals surface area contributed by atoms with E-state index >= 15 is 0 Å². The first-order valence-corrected chi connectivity index (χ1v) is 14.7. The second kappa shape index (κ2) is 10.5. The maximum atomic E-state index is 14.6. The molecule has 0 aliphatic carbocycles. The van der Waals surface area contributed by atoms with E-state index in [-0.39, 0.29) is 6.54 Å². The van der Waals surface area contributed by atoms with Gasteiger partial charge in [0.1, 0.15) is 22.7 Å². The van der Waals surface area contributed by atoms with Crippen molar-refractivity contribution in [1.29, 1.82) is 0 Å². The minimum Gasteiger partial charge on any atom is -0.338 e. The molecule has 5 heterocycles. The zero-order valence-electron chi connectivity index (χ0n) is 22.6. The van der Waals surface area contributed by atoms with Crippen LogP contribution < -0.4 is 4.72 Å². The van der Waals surface area contributed by atoms with Gasteiger partial charge in [0.15, 0.2) is 0 Å². The molecule has 6 rings (SSSR count). The first-order valence-electron chi connectivity index (χ1n) is 12.8. The number of fused-ring (bicyclic) bond motifs is 2. The Balaban J connectivity index is 1.40. The van der Waals surface area contributed by atoms with Crippen molar-refractivity contribution in [2.75, 3.05) is 20.4 Å². The van der Waals surface area contributed by atoms with Gasteiger partial charge in [0.2, 0.25) is 10.0 Å². The number of aromatic nitrogens is 6. The standard InChI is InChI=1S/C29H27FN8O2S/c1-38(2)16-18-9-20(15-31-13-18)24-4-5-25-27(34-24)28(37-36-25)26-12-23-22(6-7-32-29(23)35-26)19-8-17(10-21(30)11-19)14-33-41(3,39)40/h4-13,15,33H,14,16H2,1-3H3,(H,32,35)(H,36,37). The fraction of sp³-hybridized carbons (Fsp3) is 0.172. The Kier molecular flexibility index (Phi) is 6.81. The van der Waals surface area contributed by atoms with Gasteiger partial charge < -0.3 is 9.88 Å². The Labute approximate surface area is 235 Å². The molecule has 0 fully saturated rings. The van der Waals surface area contributed by atoms with Gasteiger partial charge in [0, 0.05) is 42.6 Å². The summed E-state index contributed by atoms with van der Waals surface area (Å²) >= 11 is 0. The van der Waals surface area contributed by atoms with Crippen LogP contribution in [-0.2, 0) is 23.1 Å². The van der Waals surface area contributed by atoms with Gasteiger partial charge in [-0.05, 0) is 84.9 Å². The molecule has 0 amide bonds. The summed E-state index contributed by atoms with van der Waals surface area (Å²) in [5.41, 5.74) is 8.02. The van der Waals surface area contributed by atoms with Crippen LogP contribution in [-0.4, -0.2) is 63.8 Å². The molecule has 5 aromatic heterocycles. The lowest BCUT2D eigenvalue weighted by atomic mass is 10.0. The fourth-order valence-electron chi connectivity index (χ4n) is 4.86. The van der Waals surface area contributed by atoms with Gasteiger partial charge in [0.25, 0.3) is 0 Å². The molecule has 6 aromatic rings. The van der Waals surface area contributed by atoms with E-state index in [0.29, 0.717) is 33.7 Å². The van der Waals surface area contributed by atoms with Crippen LogP contribution in [0.15, 0.2) is 67.1 Å². The van der Waals surface area contributed by atoms with Crippen LogP contribution in [0.3, 0.4) is 0 Å². The average molecular weight is 571 g/mol. The van der Waals surface area contributed by atoms with Gasteiger partial charge in [-0.2, -0.15) is 5.10 Å². The topological polar surface area (TPSA) is 133 Å². The minimum absolute atomic E-state index is 0.0168. The van der Waals surface area contributed by atoms with Gasteiger partial charge in [-0.3, -0.25) is 10.1 Å². The highest BCUT2D eigenvalue weighted by atomic mass is 32.2. The molecule has 0 saturated heterocycles. The summed E-state index contributed by atoms with van der Waals surface area (Å²) in [7, 11) is 0.602. The van der Waals surface area contributed by atoms with E-state index in [4.69, 9.17) is 4.98 Å². The number of hydrogen-bond donors (Lipinski definition) is 3. The normalized spacial score (nSPS) is 12.1. The van der Waals surface area contributed by atoms with E-state index in [1.165, 1.54) is 12.1 Å². The Morgan fingerprint density at radius 1 is 1.00 bits per heavy atom. The van der Waals surface area contributed by atoms with Crippen molar-refractivity contribution in [3.63, 3.8) is 0 Å². The molecule has 41 heavy (non-hydrogen) atoms. The molecule has 10 nitrogen and oxygen atoms in total. The molecule has 0 atom stereocenters. The van der Waals surface area contributed by atoms with E-state index in [0.717, 1.165) is 46.1 Å². The van der Waals surface area contributed by atoms with E-state index in [2.05, 4.69) is 40.8 Å². The van der Waals surface area contributed by atoms with E-state index in [1.807, 2.05) is 38.5 Å². The second-order valence-corrected chi connectivity index (χ2v) is 12.1. The Morgan fingerprint density at radius 3 is 2.63 bits per heavy atom. The van der Waals surface area contributed by atoms with Crippen LogP contribution in [0.5, 0.6) is 0 Å². The summed E-state index contributed by atoms with van der Waals surface area (Å²) < 4.78 is 40.1. The van der Waals surface area contributed by atoms with Crippen molar-refractivity contribution in [3.05, 3.63) is 84.1 Å². The number of benzene rings is 1. The lowest BCUT2D eigenvalue weighted by Gasteiger charge is -2.10. The second-order valence-electron chi connectivity index (χ2n) is 10.2. The van der Waals surface area contributed by atoms with Gasteiger partial charge >= 0.3 is 0 Å². The van der Waals surface area contributed by atoms with Crippen LogP contribution in [0.4, 0.5) is 4.39 Å². The predicted molar refractivity (Wildman–Crippen MR) is 157 cm³/mol. The molecule has 0 spiro atoms. The van der Waals surface area contributed by atoms with Crippen LogP contribution in [0.25, 0.3) is 55.8 Å². The first-order chi connectivity index (χ1) is 19.6. The molecule has 0 radical (unpaired) electrons. The highest BCUT2D eigenvalue weighted by molar-refractivity contribution is 7.88. The number of nitrogens with zero attached hydrogens (tertiary/aromatic N) is 5. The molecule has 1 aromatic carbocycles. The van der Waals surface area contributed by atoms with Gasteiger partial charge in [-0.25, -0.2) is 27.5 Å². The molecular weight excluding hydrogens is 543 g/mol. The molecule has 0 aliphatic heterocycles. The molecule has 0 aliphatic rings. The summed E-state index contributed by atoms with van der Waals surface area (Å²) in [6.45, 7) is 0.752. The summed E-state index contributed by atoms with van der Waals surface area (Å²) in [6.07, 6.45) is 6.36. The van der Waals surface area contributed by atoms with Crippen molar-refractivity contribution in [1.82, 2.24) is 39.8 Å². The maximum Gasteiger partial charge on any atom is 0.209 e. The van der Waals surface area contributed by atoms with Crippen LogP contribution >= 0.6 is 0 Å². The molecular formula is C29H27FN8O2S. The highest BCUT2D eigenvalue weighted by Gasteiger charge is 2.17. The first kappa shape index (κ1) is 26.7. The van der Waals surface area contributed by atoms with E-state index < -0.39 is 15.8 Å². The number of rotatable bonds is 8. The van der Waals surface area contributed by atoms with Gasteiger partial charge in [-0.15, -0.1) is 0 Å². The van der Waals surface area contributed by atoms with Crippen LogP contribution in [0, 0.1) is 5.82 Å². The molecule has 12 heteroatoms. The lowest BCUT2D eigenvalue weighted by molar-refractivity contribution is 0.402. The average Bonchev–Trinajstić information content (AvgIpc) is 3.54. The van der Waals surface area contributed by atoms with Crippen LogP contribution in [0.2, 0.25) is 0 Å². The van der Waals surface area contributed by atoms with Gasteiger partial charge in [-0.1, -0.05) is 0 Å². The van der Waals surface area contributed by atoms with Crippen molar-refractivity contribution in [2.45, 2.75) is 13.1 Å². The molecule has 3 N–H and O–H groups in total. The summed E-state index contributed by atoms with van der Waals surface area (Å²) in [5, 5.41) is 8.36. The van der Waals surface area contributed by atoms with Crippen molar-refractivity contribution in [3.8, 4) is 33.8 Å². The minimum atomic E-state index is -3.42. The number of sulfonamides is 1. The van der Waals surface area contributed by atoms with Gasteiger partial charge in [0.05, 0.1) is 23.2 Å². The summed E-state index contributed by atoms with van der Waals surface area (Å²) in [5.74, 6) is -0.465. The zero-order valence-corrected chi connectivity index (χ0v) is 23.4. The molecule has 0 bridgehead atoms. The van der Waals surface area contributed by atoms with E-state index in [9.17, 15) is 12.8 Å². The monoisotopic (exact) mass is 570 g/mol. The molecule has 0 unspecified atom stereocenters. The smallest absolute Gasteiger partial charge is 0.209 e. The van der Waals surface area contributed by atoms with Crippen molar-refractivity contribution < 1.29 is 12.8 Å². The van der Waals surface area contributed by atoms with Crippen LogP contribution in [0.1, 0.15) is 11.1 Å². The Morgan fingerprint density at radius 2 is 1.83 bits per heavy atom. The highest BCUT2D eigenvalue weighted by Crippen LogP contribution is 2.34. The number of hydrogen-bond acceptors (Lipinski definition) is 7. The Hall–Kier alpha value is -4.52. The SMILES string of the molecule is CN(C)Cc1cncc(-c2ccc3[nH]nc(-c4cc5c(-c6cc(F)cc(CNS(C)(=O)=O)c6)ccnc5[nH]4)c3n2)c1. The maximum absolute atomic E-state index is 14.6. The fourth-order valence-corrected chi connectivity index (χ4v) is 5.28. The summed E-state index contributed by atoms with van der Waals surface area (Å²) in [6, 6.07) is 14.2. The van der Waals surface area contributed by atoms with Crippen molar-refractivity contribution in [2.24, 2.45) is 0 Å². The zero-order chi connectivity index (χ0) is 28.7. The molecule has 208 valence electrons. The number of H-pyrrole nitrogens is 2. The van der Waals surface area contributed by atoms with E-state index in [1.54, 1.807) is 24.5 Å². The number of pyridine rings is 3. The van der Waals surface area contributed by atoms with Crippen molar-refractivity contribution >= 4 is 32.1 Å². The number of nitrogens with one attached hydrogen (secondary N) is 3. The number of aromatic amines is 2. The predicted octanol–water partition coefficient (Wildman–Crippen LogP) is 4.48. The third-order valence-electron chi connectivity index (χ3n) is 6.59. The molecule has 0 saturated carbocycles. The largest absolute Gasteiger partial charge is 0.338 e. The third-order valence-corrected chi connectivity index (χ3v) is 7.26. The quantitative estimate of drug-likeness (QED) is 0.246. The lowest BCUT2D eigenvalue weighted by Crippen LogP contribution is -2.21. The Bertz CT molecular complexity index is 2020. The number of halogens is 1. The third kappa shape index (κ3) is 5.71.